The summed E-state index contributed by atoms with van der Waals surface area (Å²) in [6, 6.07) is 0. The Morgan fingerprint density at radius 3 is 2.26 bits per heavy atom. The van der Waals surface area contributed by atoms with Gasteiger partial charge >= 0.3 is 5.97 Å². The number of rotatable bonds is 11. The Labute approximate surface area is 163 Å². The molecule has 27 heavy (non-hydrogen) atoms. The molecule has 0 saturated heterocycles. The van der Waals surface area contributed by atoms with Crippen molar-refractivity contribution in [2.24, 2.45) is 17.3 Å². The number of aliphatic hydroxyl groups excluding tert-OH is 1. The van der Waals surface area contributed by atoms with Gasteiger partial charge in [-0.1, -0.05) is 13.8 Å². The lowest BCUT2D eigenvalue weighted by Crippen LogP contribution is -2.50. The minimum atomic E-state index is -0.705. The van der Waals surface area contributed by atoms with E-state index in [-0.39, 0.29) is 24.0 Å². The lowest BCUT2D eigenvalue weighted by molar-refractivity contribution is -0.143. The molecule has 0 bridgehead atoms. The Bertz CT molecular complexity index is 485. The first-order valence-corrected chi connectivity index (χ1v) is 9.90. The zero-order valence-electron chi connectivity index (χ0n) is 17.5. The highest BCUT2D eigenvalue weighted by molar-refractivity contribution is 5.81. The fourth-order valence-electron chi connectivity index (χ4n) is 3.98. The number of carbonyl (C=O) groups excluding carboxylic acids is 1. The van der Waals surface area contributed by atoms with Crippen molar-refractivity contribution in [2.75, 3.05) is 26.8 Å². The van der Waals surface area contributed by atoms with E-state index in [0.717, 1.165) is 12.8 Å². The molecule has 0 aromatic rings. The molecule has 1 saturated carbocycles. The number of amides is 1. The smallest absolute Gasteiger partial charge is 0.306 e. The van der Waals surface area contributed by atoms with Gasteiger partial charge in [0.05, 0.1) is 18.6 Å². The lowest BCUT2D eigenvalue weighted by Gasteiger charge is -2.36. The van der Waals surface area contributed by atoms with Crippen LogP contribution in [0.5, 0.6) is 0 Å². The van der Waals surface area contributed by atoms with E-state index < -0.39 is 17.5 Å². The molecule has 1 atom stereocenters. The van der Waals surface area contributed by atoms with Crippen molar-refractivity contribution in [1.82, 2.24) is 10.6 Å². The zero-order valence-corrected chi connectivity index (χ0v) is 17.5. The Kier molecular flexibility index (Phi) is 9.18. The topological polar surface area (TPSA) is 108 Å². The second kappa shape index (κ2) is 10.4. The predicted octanol–water partition coefficient (Wildman–Crippen LogP) is 1.79. The molecule has 1 fully saturated rings. The van der Waals surface area contributed by atoms with Crippen molar-refractivity contribution >= 4 is 11.9 Å². The van der Waals surface area contributed by atoms with E-state index in [4.69, 9.17) is 9.84 Å². The van der Waals surface area contributed by atoms with E-state index in [0.29, 0.717) is 38.3 Å². The number of nitrogens with one attached hydrogen (secondary N) is 2. The second-order valence-corrected chi connectivity index (χ2v) is 9.20. The lowest BCUT2D eigenvalue weighted by atomic mass is 9.78. The Morgan fingerprint density at radius 2 is 1.74 bits per heavy atom. The largest absolute Gasteiger partial charge is 0.481 e. The number of β-amino-alcohol motifs (C(OH)–C–C–N with tert-alkyl or cyclic N) is 1. The molecule has 0 aliphatic heterocycles. The third kappa shape index (κ3) is 8.58. The summed E-state index contributed by atoms with van der Waals surface area (Å²) >= 11 is 0. The van der Waals surface area contributed by atoms with Gasteiger partial charge in [0.2, 0.25) is 5.91 Å². The van der Waals surface area contributed by atoms with Crippen molar-refractivity contribution in [3.05, 3.63) is 0 Å². The summed E-state index contributed by atoms with van der Waals surface area (Å²) in [7, 11) is 1.55. The average molecular weight is 387 g/mol. The van der Waals surface area contributed by atoms with Crippen LogP contribution in [0.2, 0.25) is 0 Å². The number of hydrogen-bond donors (Lipinski definition) is 4. The second-order valence-electron chi connectivity index (χ2n) is 9.20. The fourth-order valence-corrected chi connectivity index (χ4v) is 3.98. The van der Waals surface area contributed by atoms with Gasteiger partial charge in [-0.3, -0.25) is 9.59 Å². The number of aliphatic carboxylic acids is 1. The maximum Gasteiger partial charge on any atom is 0.306 e. The molecule has 7 nitrogen and oxygen atoms in total. The summed E-state index contributed by atoms with van der Waals surface area (Å²) in [6.45, 7) is 9.19. The third-order valence-electron chi connectivity index (χ3n) is 5.42. The highest BCUT2D eigenvalue weighted by Crippen LogP contribution is 2.30. The summed E-state index contributed by atoms with van der Waals surface area (Å²) in [5.74, 6) is -0.566. The molecule has 7 heteroatoms. The van der Waals surface area contributed by atoms with Crippen molar-refractivity contribution in [1.29, 1.82) is 0 Å². The minimum absolute atomic E-state index is 0.00942. The van der Waals surface area contributed by atoms with E-state index in [9.17, 15) is 14.7 Å². The highest BCUT2D eigenvalue weighted by atomic mass is 16.5. The number of hydrogen-bond acceptors (Lipinski definition) is 5. The number of carbonyl (C=O) groups is 2. The van der Waals surface area contributed by atoms with E-state index in [1.165, 1.54) is 0 Å². The molecule has 1 unspecified atom stereocenters. The third-order valence-corrected chi connectivity index (χ3v) is 5.42. The maximum atomic E-state index is 12.7. The van der Waals surface area contributed by atoms with Crippen LogP contribution >= 0.6 is 0 Å². The van der Waals surface area contributed by atoms with Crippen LogP contribution in [0.1, 0.15) is 59.8 Å². The Morgan fingerprint density at radius 1 is 1.15 bits per heavy atom. The zero-order chi connectivity index (χ0) is 20.7. The van der Waals surface area contributed by atoms with Gasteiger partial charge in [0.1, 0.15) is 0 Å². The van der Waals surface area contributed by atoms with Crippen LogP contribution in [0.3, 0.4) is 0 Å². The van der Waals surface area contributed by atoms with Crippen LogP contribution in [0.4, 0.5) is 0 Å². The molecular formula is C20H38N2O5. The van der Waals surface area contributed by atoms with Crippen molar-refractivity contribution in [2.45, 2.75) is 71.4 Å². The summed E-state index contributed by atoms with van der Waals surface area (Å²) < 4.78 is 4.93. The van der Waals surface area contributed by atoms with Crippen LogP contribution in [-0.4, -0.2) is 60.5 Å². The molecule has 1 aliphatic carbocycles. The molecule has 158 valence electrons. The monoisotopic (exact) mass is 386 g/mol. The Balaban J connectivity index is 2.42. The van der Waals surface area contributed by atoms with Crippen LogP contribution in [0, 0.1) is 17.3 Å². The van der Waals surface area contributed by atoms with E-state index >= 15 is 0 Å². The van der Waals surface area contributed by atoms with Crippen LogP contribution < -0.4 is 10.6 Å². The molecule has 0 spiro atoms. The first-order chi connectivity index (χ1) is 12.5. The van der Waals surface area contributed by atoms with E-state index in [1.54, 1.807) is 7.11 Å². The Hall–Kier alpha value is -1.18. The van der Waals surface area contributed by atoms with Crippen molar-refractivity contribution in [3.63, 3.8) is 0 Å². The molecule has 0 aromatic heterocycles. The molecule has 4 N–H and O–H groups in total. The molecule has 1 rings (SSSR count). The molecule has 0 heterocycles. The molecule has 0 aromatic carbocycles. The number of aliphatic hydroxyl groups is 1. The average Bonchev–Trinajstić information content (AvgIpc) is 2.57. The number of ether oxygens (including phenoxy) is 1. The molecule has 1 amide bonds. The predicted molar refractivity (Wildman–Crippen MR) is 104 cm³/mol. The van der Waals surface area contributed by atoms with E-state index in [1.807, 2.05) is 27.7 Å². The molecular weight excluding hydrogens is 348 g/mol. The standard InChI is InChI=1S/C20H38N2O5/c1-19(2,13-20(3,4)22-11-16(23)12-27-5)18(26)21-10-14-6-8-15(9-7-14)17(24)25/h14-16,22-23H,6-13H2,1-5H3,(H,21,26)(H,24,25). The van der Waals surface area contributed by atoms with Gasteiger partial charge in [-0.15, -0.1) is 0 Å². The quantitative estimate of drug-likeness (QED) is 0.431. The van der Waals surface area contributed by atoms with Crippen LogP contribution in [0.15, 0.2) is 0 Å². The summed E-state index contributed by atoms with van der Waals surface area (Å²) in [6.07, 6.45) is 3.13. The van der Waals surface area contributed by atoms with Crippen LogP contribution in [-0.2, 0) is 14.3 Å². The van der Waals surface area contributed by atoms with E-state index in [2.05, 4.69) is 10.6 Å². The van der Waals surface area contributed by atoms with Crippen molar-refractivity contribution in [3.8, 4) is 0 Å². The normalized spacial score (nSPS) is 22.3. The number of carboxylic acids is 1. The first kappa shape index (κ1) is 23.9. The minimum Gasteiger partial charge on any atom is -0.481 e. The van der Waals surface area contributed by atoms with Gasteiger partial charge in [0.15, 0.2) is 0 Å². The van der Waals surface area contributed by atoms with Gasteiger partial charge in [-0.05, 0) is 51.9 Å². The summed E-state index contributed by atoms with van der Waals surface area (Å²) in [5.41, 5.74) is -0.865. The summed E-state index contributed by atoms with van der Waals surface area (Å²) in [5, 5.41) is 25.2. The SMILES string of the molecule is COCC(O)CNC(C)(C)CC(C)(C)C(=O)NCC1CCC(C(=O)O)CC1. The maximum absolute atomic E-state index is 12.7. The fraction of sp³-hybridized carbons (Fsp3) is 0.900. The number of carboxylic acid groups (broad SMARTS) is 1. The molecule has 0 radical (unpaired) electrons. The highest BCUT2D eigenvalue weighted by Gasteiger charge is 2.35. The van der Waals surface area contributed by atoms with Gasteiger partial charge in [0.25, 0.3) is 0 Å². The van der Waals surface area contributed by atoms with Gasteiger partial charge in [0, 0.05) is 31.2 Å². The van der Waals surface area contributed by atoms with Crippen LogP contribution in [0.25, 0.3) is 0 Å². The number of methoxy groups -OCH3 is 1. The first-order valence-electron chi connectivity index (χ1n) is 9.90. The van der Waals surface area contributed by atoms with Gasteiger partial charge < -0.3 is 25.6 Å². The van der Waals surface area contributed by atoms with Gasteiger partial charge in [-0.2, -0.15) is 0 Å². The van der Waals surface area contributed by atoms with Crippen molar-refractivity contribution < 1.29 is 24.5 Å². The summed E-state index contributed by atoms with van der Waals surface area (Å²) in [4.78, 5) is 23.7. The molecule has 1 aliphatic rings. The van der Waals surface area contributed by atoms with Gasteiger partial charge in [-0.25, -0.2) is 0 Å².